The Morgan fingerprint density at radius 1 is 0.935 bits per heavy atom. The minimum Gasteiger partial charge on any atom is -0.491 e. The first-order valence-electron chi connectivity index (χ1n) is 9.91. The molecule has 170 valence electrons. The van der Waals surface area contributed by atoms with Gasteiger partial charge < -0.3 is 24.8 Å². The first-order chi connectivity index (χ1) is 14.9. The molecule has 0 aliphatic rings. The molecule has 0 saturated carbocycles. The summed E-state index contributed by atoms with van der Waals surface area (Å²) in [6, 6.07) is 14.2. The summed E-state index contributed by atoms with van der Waals surface area (Å²) in [5, 5.41) is 6.38. The van der Waals surface area contributed by atoms with E-state index in [1.807, 2.05) is 31.2 Å². The molecule has 0 amide bonds. The molecule has 0 heterocycles. The van der Waals surface area contributed by atoms with Gasteiger partial charge in [-0.15, -0.1) is 0 Å². The number of hydrogen-bond donors (Lipinski definition) is 2. The highest BCUT2D eigenvalue weighted by molar-refractivity contribution is 5.79. The van der Waals surface area contributed by atoms with Gasteiger partial charge in [0.15, 0.2) is 12.6 Å². The third kappa shape index (κ3) is 10.1. The average Bonchev–Trinajstić information content (AvgIpc) is 2.75. The van der Waals surface area contributed by atoms with Gasteiger partial charge in [-0.2, -0.15) is 13.2 Å². The predicted molar refractivity (Wildman–Crippen MR) is 113 cm³/mol. The standard InChI is InChI=1S/C22H28F3N3O3/c1-3-26-21(28-15-18-5-4-6-20(13-18)30-12-11-29-2)27-14-17-7-9-19(10-8-17)31-16-22(23,24)25/h4-10,13H,3,11-12,14-16H2,1-2H3,(H2,26,27,28). The van der Waals surface area contributed by atoms with Crippen LogP contribution in [0.3, 0.4) is 0 Å². The number of nitrogens with zero attached hydrogens (tertiary/aromatic N) is 1. The first-order valence-corrected chi connectivity index (χ1v) is 9.91. The number of rotatable bonds is 11. The van der Waals surface area contributed by atoms with Crippen molar-refractivity contribution in [1.29, 1.82) is 0 Å². The Bertz CT molecular complexity index is 812. The summed E-state index contributed by atoms with van der Waals surface area (Å²) in [7, 11) is 1.62. The monoisotopic (exact) mass is 439 g/mol. The van der Waals surface area contributed by atoms with Gasteiger partial charge in [-0.1, -0.05) is 24.3 Å². The van der Waals surface area contributed by atoms with Crippen LogP contribution in [-0.2, 0) is 17.8 Å². The van der Waals surface area contributed by atoms with E-state index in [1.165, 1.54) is 12.1 Å². The van der Waals surface area contributed by atoms with Crippen molar-refractivity contribution in [3.8, 4) is 11.5 Å². The number of guanidine groups is 1. The molecule has 0 unspecified atom stereocenters. The van der Waals surface area contributed by atoms with Gasteiger partial charge in [0.1, 0.15) is 18.1 Å². The molecular formula is C22H28F3N3O3. The Balaban J connectivity index is 1.89. The lowest BCUT2D eigenvalue weighted by atomic mass is 10.2. The van der Waals surface area contributed by atoms with Crippen molar-refractivity contribution >= 4 is 5.96 Å². The van der Waals surface area contributed by atoms with Gasteiger partial charge in [-0.05, 0) is 42.3 Å². The highest BCUT2D eigenvalue weighted by atomic mass is 19.4. The molecule has 0 aromatic heterocycles. The minimum atomic E-state index is -4.35. The van der Waals surface area contributed by atoms with Crippen LogP contribution in [0.15, 0.2) is 53.5 Å². The van der Waals surface area contributed by atoms with Crippen LogP contribution in [0.4, 0.5) is 13.2 Å². The minimum absolute atomic E-state index is 0.175. The van der Waals surface area contributed by atoms with Gasteiger partial charge in [0.05, 0.1) is 13.2 Å². The molecule has 0 aliphatic heterocycles. The zero-order valence-corrected chi connectivity index (χ0v) is 17.7. The fourth-order valence-corrected chi connectivity index (χ4v) is 2.54. The van der Waals surface area contributed by atoms with Gasteiger partial charge in [0.2, 0.25) is 0 Å². The Labute approximate surface area is 180 Å². The Morgan fingerprint density at radius 2 is 1.71 bits per heavy atom. The van der Waals surface area contributed by atoms with Gasteiger partial charge in [-0.25, -0.2) is 4.99 Å². The molecule has 9 heteroatoms. The number of halogens is 3. The van der Waals surface area contributed by atoms with E-state index < -0.39 is 12.8 Å². The molecule has 0 radical (unpaired) electrons. The molecule has 0 spiro atoms. The van der Waals surface area contributed by atoms with Gasteiger partial charge in [0, 0.05) is 20.2 Å². The lowest BCUT2D eigenvalue weighted by Crippen LogP contribution is -2.36. The lowest BCUT2D eigenvalue weighted by molar-refractivity contribution is -0.153. The molecular weight excluding hydrogens is 411 g/mol. The Kier molecular flexibility index (Phi) is 9.96. The third-order valence-corrected chi connectivity index (χ3v) is 4.00. The number of benzene rings is 2. The van der Waals surface area contributed by atoms with Crippen LogP contribution >= 0.6 is 0 Å². The van der Waals surface area contributed by atoms with Crippen LogP contribution in [0.25, 0.3) is 0 Å². The fraction of sp³-hybridized carbons (Fsp3) is 0.409. The molecule has 0 atom stereocenters. The van der Waals surface area contributed by atoms with Crippen molar-refractivity contribution in [2.45, 2.75) is 26.2 Å². The molecule has 2 aromatic rings. The van der Waals surface area contributed by atoms with Crippen molar-refractivity contribution in [1.82, 2.24) is 10.6 Å². The van der Waals surface area contributed by atoms with Crippen LogP contribution < -0.4 is 20.1 Å². The largest absolute Gasteiger partial charge is 0.491 e. The summed E-state index contributed by atoms with van der Waals surface area (Å²) in [6.45, 7) is 3.28. The predicted octanol–water partition coefficient (Wildman–Crippen LogP) is 3.91. The molecule has 0 bridgehead atoms. The maximum atomic E-state index is 12.2. The zero-order chi connectivity index (χ0) is 22.5. The maximum absolute atomic E-state index is 12.2. The van der Waals surface area contributed by atoms with Crippen molar-refractivity contribution < 1.29 is 27.4 Å². The SMILES string of the molecule is CCNC(=NCc1cccc(OCCOC)c1)NCc1ccc(OCC(F)(F)F)cc1. The summed E-state index contributed by atoms with van der Waals surface area (Å²) in [5.74, 6) is 1.57. The quantitative estimate of drug-likeness (QED) is 0.316. The first kappa shape index (κ1) is 24.3. The fourth-order valence-electron chi connectivity index (χ4n) is 2.54. The Hall–Kier alpha value is -2.94. The topological polar surface area (TPSA) is 64.1 Å². The number of methoxy groups -OCH3 is 1. The zero-order valence-electron chi connectivity index (χ0n) is 17.7. The Morgan fingerprint density at radius 3 is 2.39 bits per heavy atom. The van der Waals surface area contributed by atoms with E-state index in [2.05, 4.69) is 15.6 Å². The lowest BCUT2D eigenvalue weighted by Gasteiger charge is -2.13. The van der Waals surface area contributed by atoms with Crippen molar-refractivity contribution in [2.75, 3.05) is 33.5 Å². The highest BCUT2D eigenvalue weighted by Crippen LogP contribution is 2.19. The molecule has 0 saturated heterocycles. The van der Waals surface area contributed by atoms with Gasteiger partial charge in [-0.3, -0.25) is 0 Å². The average molecular weight is 439 g/mol. The molecule has 0 aliphatic carbocycles. The van der Waals surface area contributed by atoms with E-state index >= 15 is 0 Å². The van der Waals surface area contributed by atoms with Crippen molar-refractivity contribution in [2.24, 2.45) is 4.99 Å². The van der Waals surface area contributed by atoms with Gasteiger partial charge in [0.25, 0.3) is 0 Å². The maximum Gasteiger partial charge on any atom is 0.422 e. The second-order valence-electron chi connectivity index (χ2n) is 6.59. The number of ether oxygens (including phenoxy) is 3. The van der Waals surface area contributed by atoms with Crippen LogP contribution in [0, 0.1) is 0 Å². The highest BCUT2D eigenvalue weighted by Gasteiger charge is 2.28. The molecule has 2 aromatic carbocycles. The molecule has 6 nitrogen and oxygen atoms in total. The number of hydrogen-bond acceptors (Lipinski definition) is 4. The number of alkyl halides is 3. The van der Waals surface area contributed by atoms with Crippen LogP contribution in [0.1, 0.15) is 18.1 Å². The van der Waals surface area contributed by atoms with Crippen LogP contribution in [0.5, 0.6) is 11.5 Å². The van der Waals surface area contributed by atoms with Crippen LogP contribution in [0.2, 0.25) is 0 Å². The van der Waals surface area contributed by atoms with E-state index in [0.29, 0.717) is 38.8 Å². The van der Waals surface area contributed by atoms with Crippen LogP contribution in [-0.4, -0.2) is 45.6 Å². The molecule has 31 heavy (non-hydrogen) atoms. The second kappa shape index (κ2) is 12.7. The second-order valence-corrected chi connectivity index (χ2v) is 6.59. The summed E-state index contributed by atoms with van der Waals surface area (Å²) >= 11 is 0. The molecule has 2 N–H and O–H groups in total. The summed E-state index contributed by atoms with van der Waals surface area (Å²) < 4.78 is 52.0. The smallest absolute Gasteiger partial charge is 0.422 e. The normalized spacial score (nSPS) is 11.8. The van der Waals surface area contributed by atoms with E-state index in [0.717, 1.165) is 16.9 Å². The number of nitrogens with one attached hydrogen (secondary N) is 2. The van der Waals surface area contributed by atoms with E-state index in [1.54, 1.807) is 19.2 Å². The van der Waals surface area contributed by atoms with E-state index in [4.69, 9.17) is 14.2 Å². The summed E-state index contributed by atoms with van der Waals surface area (Å²) in [5.41, 5.74) is 1.89. The number of aliphatic imine (C=N–C) groups is 1. The van der Waals surface area contributed by atoms with Crippen molar-refractivity contribution in [3.05, 3.63) is 59.7 Å². The van der Waals surface area contributed by atoms with Gasteiger partial charge >= 0.3 is 6.18 Å². The third-order valence-electron chi connectivity index (χ3n) is 4.00. The van der Waals surface area contributed by atoms with E-state index in [-0.39, 0.29) is 5.75 Å². The van der Waals surface area contributed by atoms with Crippen molar-refractivity contribution in [3.63, 3.8) is 0 Å². The molecule has 2 rings (SSSR count). The summed E-state index contributed by atoms with van der Waals surface area (Å²) in [6.07, 6.45) is -4.35. The van der Waals surface area contributed by atoms with E-state index in [9.17, 15) is 13.2 Å². The molecule has 0 fully saturated rings. The summed E-state index contributed by atoms with van der Waals surface area (Å²) in [4.78, 5) is 4.57.